The molecule has 1 aromatic carbocycles. The highest BCUT2D eigenvalue weighted by molar-refractivity contribution is 7.15. The van der Waals surface area contributed by atoms with Gasteiger partial charge in [-0.1, -0.05) is 0 Å². The van der Waals surface area contributed by atoms with Crippen LogP contribution in [0.5, 0.6) is 5.75 Å². The third-order valence-corrected chi connectivity index (χ3v) is 7.66. The fourth-order valence-corrected chi connectivity index (χ4v) is 5.65. The summed E-state index contributed by atoms with van der Waals surface area (Å²) in [4.78, 5) is 11.3. The molecule has 150 valence electrons. The van der Waals surface area contributed by atoms with Gasteiger partial charge in [0.05, 0.1) is 5.69 Å². The summed E-state index contributed by atoms with van der Waals surface area (Å²) in [6.45, 7) is 4.45. The van der Waals surface area contributed by atoms with Crippen molar-refractivity contribution in [3.05, 3.63) is 34.8 Å². The smallest absolute Gasteiger partial charge is 0.123 e. The van der Waals surface area contributed by atoms with E-state index < -0.39 is 0 Å². The quantitative estimate of drug-likeness (QED) is 0.839. The molecule has 6 heteroatoms. The number of fused-ring (bicyclic) bond motifs is 1. The largest absolute Gasteiger partial charge is 0.490 e. The Bertz CT molecular complexity index is 789. The van der Waals surface area contributed by atoms with Crippen LogP contribution in [0.4, 0.5) is 0 Å². The van der Waals surface area contributed by atoms with E-state index in [9.17, 15) is 0 Å². The fourth-order valence-electron chi connectivity index (χ4n) is 4.57. The average Bonchev–Trinajstić information content (AvgIpc) is 3.32. The summed E-state index contributed by atoms with van der Waals surface area (Å²) in [6.07, 6.45) is 5.03. The maximum Gasteiger partial charge on any atom is 0.123 e. The molecule has 28 heavy (non-hydrogen) atoms. The first kappa shape index (κ1) is 18.6. The van der Waals surface area contributed by atoms with Crippen molar-refractivity contribution in [2.24, 2.45) is 0 Å². The lowest BCUT2D eigenvalue weighted by Gasteiger charge is -2.41. The first-order valence-electron chi connectivity index (χ1n) is 10.5. The maximum absolute atomic E-state index is 6.22. The van der Waals surface area contributed by atoms with Gasteiger partial charge in [0.2, 0.25) is 0 Å². The van der Waals surface area contributed by atoms with Gasteiger partial charge in [0.1, 0.15) is 16.9 Å². The topological polar surface area (TPSA) is 40.6 Å². The zero-order valence-corrected chi connectivity index (χ0v) is 17.7. The molecule has 2 aliphatic heterocycles. The normalized spacial score (nSPS) is 27.6. The molecule has 1 saturated heterocycles. The number of benzene rings is 1. The van der Waals surface area contributed by atoms with E-state index in [1.54, 1.807) is 0 Å². The molecule has 2 fully saturated rings. The second-order valence-corrected chi connectivity index (χ2v) is 9.69. The van der Waals surface area contributed by atoms with E-state index in [2.05, 4.69) is 53.5 Å². The van der Waals surface area contributed by atoms with Gasteiger partial charge in [0.25, 0.3) is 0 Å². The minimum absolute atomic E-state index is 0.368. The Kier molecular flexibility index (Phi) is 5.13. The number of nitrogens with one attached hydrogen (secondary N) is 1. The molecule has 3 heterocycles. The van der Waals surface area contributed by atoms with Gasteiger partial charge in [-0.3, -0.25) is 4.90 Å². The monoisotopic (exact) mass is 398 g/mol. The van der Waals surface area contributed by atoms with E-state index in [0.717, 1.165) is 49.2 Å². The summed E-state index contributed by atoms with van der Waals surface area (Å²) in [5.74, 6) is 0.989. The van der Waals surface area contributed by atoms with Crippen molar-refractivity contribution in [1.82, 2.24) is 20.1 Å². The molecule has 0 radical (unpaired) electrons. The number of likely N-dealkylation sites (tertiary alicyclic amines) is 1. The molecule has 1 aliphatic carbocycles. The van der Waals surface area contributed by atoms with E-state index in [1.165, 1.54) is 35.6 Å². The average molecular weight is 399 g/mol. The van der Waals surface area contributed by atoms with Gasteiger partial charge in [0.15, 0.2) is 0 Å². The molecule has 0 spiro atoms. The third kappa shape index (κ3) is 3.71. The van der Waals surface area contributed by atoms with Gasteiger partial charge < -0.3 is 15.0 Å². The van der Waals surface area contributed by atoms with Gasteiger partial charge >= 0.3 is 0 Å². The second-order valence-electron chi connectivity index (χ2n) is 8.61. The third-order valence-electron chi connectivity index (χ3n) is 6.52. The Morgan fingerprint density at radius 1 is 1.21 bits per heavy atom. The van der Waals surface area contributed by atoms with Gasteiger partial charge in [-0.2, -0.15) is 0 Å². The van der Waals surface area contributed by atoms with Crippen molar-refractivity contribution in [2.75, 3.05) is 33.7 Å². The Labute approximate surface area is 171 Å². The molecule has 1 saturated carbocycles. The van der Waals surface area contributed by atoms with Crippen LogP contribution in [0.3, 0.4) is 0 Å². The Morgan fingerprint density at radius 3 is 2.75 bits per heavy atom. The zero-order chi connectivity index (χ0) is 19.1. The number of hydrogen-bond donors (Lipinski definition) is 1. The first-order valence-corrected chi connectivity index (χ1v) is 11.3. The van der Waals surface area contributed by atoms with Crippen LogP contribution in [0.1, 0.15) is 29.8 Å². The van der Waals surface area contributed by atoms with Crippen molar-refractivity contribution in [3.63, 3.8) is 0 Å². The lowest BCUT2D eigenvalue weighted by atomic mass is 9.88. The van der Waals surface area contributed by atoms with Gasteiger partial charge in [-0.05, 0) is 44.8 Å². The molecule has 1 unspecified atom stereocenters. The molecule has 5 nitrogen and oxygen atoms in total. The maximum atomic E-state index is 6.22. The standard InChI is InChI=1S/C22H30N4OS/c1-25(2)16-8-10-26(14-16)17-11-19(12-17)27-18-5-3-15(4-6-18)22-24-20-7-9-23-13-21(20)28-22/h3-6,16-17,19,23H,7-14H2,1-2H3. The lowest BCUT2D eigenvalue weighted by molar-refractivity contribution is 0.0257. The molecular weight excluding hydrogens is 368 g/mol. The van der Waals surface area contributed by atoms with Crippen LogP contribution in [-0.4, -0.2) is 66.7 Å². The van der Waals surface area contributed by atoms with Crippen LogP contribution in [0.2, 0.25) is 0 Å². The predicted octanol–water partition coefficient (Wildman–Crippen LogP) is 3.00. The number of aromatic nitrogens is 1. The number of thiazole rings is 1. The summed E-state index contributed by atoms with van der Waals surface area (Å²) in [5.41, 5.74) is 2.48. The molecule has 5 rings (SSSR count). The molecular formula is C22H30N4OS. The molecule has 2 aromatic rings. The van der Waals surface area contributed by atoms with E-state index >= 15 is 0 Å². The van der Waals surface area contributed by atoms with Crippen LogP contribution in [0.25, 0.3) is 10.6 Å². The highest BCUT2D eigenvalue weighted by Gasteiger charge is 2.38. The lowest BCUT2D eigenvalue weighted by Crippen LogP contribution is -2.49. The van der Waals surface area contributed by atoms with Gasteiger partial charge in [-0.15, -0.1) is 11.3 Å². The summed E-state index contributed by atoms with van der Waals surface area (Å²) in [7, 11) is 4.39. The van der Waals surface area contributed by atoms with E-state index in [-0.39, 0.29) is 0 Å². The molecule has 1 N–H and O–H groups in total. The molecule has 1 aromatic heterocycles. The number of nitrogens with zero attached hydrogens (tertiary/aromatic N) is 3. The molecule has 3 aliphatic rings. The van der Waals surface area contributed by atoms with Crippen LogP contribution in [-0.2, 0) is 13.0 Å². The summed E-state index contributed by atoms with van der Waals surface area (Å²) < 4.78 is 6.22. The number of rotatable bonds is 5. The van der Waals surface area contributed by atoms with Crippen molar-refractivity contribution in [1.29, 1.82) is 0 Å². The molecule has 0 amide bonds. The molecule has 0 bridgehead atoms. The zero-order valence-electron chi connectivity index (χ0n) is 16.9. The second kappa shape index (κ2) is 7.75. The van der Waals surface area contributed by atoms with Crippen LogP contribution in [0, 0.1) is 0 Å². The van der Waals surface area contributed by atoms with E-state index in [0.29, 0.717) is 12.1 Å². The Morgan fingerprint density at radius 2 is 2.04 bits per heavy atom. The van der Waals surface area contributed by atoms with E-state index in [1.807, 2.05) is 11.3 Å². The minimum atomic E-state index is 0.368. The van der Waals surface area contributed by atoms with Crippen molar-refractivity contribution in [3.8, 4) is 16.3 Å². The van der Waals surface area contributed by atoms with Crippen molar-refractivity contribution in [2.45, 2.75) is 50.4 Å². The van der Waals surface area contributed by atoms with Crippen molar-refractivity contribution >= 4 is 11.3 Å². The predicted molar refractivity (Wildman–Crippen MR) is 114 cm³/mol. The SMILES string of the molecule is CN(C)C1CCN(C2CC(Oc3ccc(-c4nc5c(s4)CNCC5)cc3)C2)C1. The van der Waals surface area contributed by atoms with Gasteiger partial charge in [-0.25, -0.2) is 4.98 Å². The fraction of sp³-hybridized carbons (Fsp3) is 0.591. The van der Waals surface area contributed by atoms with E-state index in [4.69, 9.17) is 9.72 Å². The van der Waals surface area contributed by atoms with Crippen LogP contribution < -0.4 is 10.1 Å². The highest BCUT2D eigenvalue weighted by atomic mass is 32.1. The number of hydrogen-bond acceptors (Lipinski definition) is 6. The molecule has 1 atom stereocenters. The van der Waals surface area contributed by atoms with Crippen LogP contribution >= 0.6 is 11.3 Å². The van der Waals surface area contributed by atoms with Gasteiger partial charge in [0, 0.05) is 68.0 Å². The Hall–Kier alpha value is -1.47. The number of likely N-dealkylation sites (N-methyl/N-ethyl adjacent to an activating group) is 1. The Balaban J connectivity index is 1.14. The number of ether oxygens (including phenoxy) is 1. The minimum Gasteiger partial charge on any atom is -0.490 e. The van der Waals surface area contributed by atoms with Crippen molar-refractivity contribution < 1.29 is 4.74 Å². The summed E-state index contributed by atoms with van der Waals surface area (Å²) >= 11 is 1.82. The summed E-state index contributed by atoms with van der Waals surface area (Å²) in [6, 6.07) is 9.97. The highest BCUT2D eigenvalue weighted by Crippen LogP contribution is 2.34. The first-order chi connectivity index (χ1) is 13.7. The summed E-state index contributed by atoms with van der Waals surface area (Å²) in [5, 5.41) is 4.56. The van der Waals surface area contributed by atoms with Crippen LogP contribution in [0.15, 0.2) is 24.3 Å².